The molecule has 2 saturated heterocycles. The molecule has 13 nitrogen and oxygen atoms in total. The molecule has 0 radical (unpaired) electrons. The summed E-state index contributed by atoms with van der Waals surface area (Å²) in [5.74, 6) is -0.332. The molecule has 2 aromatic heterocycles. The Balaban J connectivity index is 1.14. The number of anilines is 1. The number of fused-ring (bicyclic) bond motifs is 4. The van der Waals surface area contributed by atoms with Gasteiger partial charge in [-0.1, -0.05) is 6.07 Å². The summed E-state index contributed by atoms with van der Waals surface area (Å²) in [6, 6.07) is 5.05. The Labute approximate surface area is 229 Å². The second kappa shape index (κ2) is 9.50. The summed E-state index contributed by atoms with van der Waals surface area (Å²) in [4.78, 5) is 65.6. The summed E-state index contributed by atoms with van der Waals surface area (Å²) in [6.45, 7) is 6.45. The maximum atomic E-state index is 13.5. The van der Waals surface area contributed by atoms with E-state index >= 15 is 0 Å². The Kier molecular flexibility index (Phi) is 6.08. The van der Waals surface area contributed by atoms with E-state index in [9.17, 15) is 19.2 Å². The lowest BCUT2D eigenvalue weighted by Gasteiger charge is -2.35. The molecule has 208 valence electrons. The zero-order valence-electron chi connectivity index (χ0n) is 22.3. The summed E-state index contributed by atoms with van der Waals surface area (Å²) in [7, 11) is 0. The van der Waals surface area contributed by atoms with Gasteiger partial charge in [0.1, 0.15) is 23.2 Å². The SMILES string of the molecule is CC(C)(C)OC(=O)N1CC2CC1CN2C(=O)c1c[nH]c2c(C(=O)NCc3ccc4c(c3)NC(=O)CO4)ncnc12. The van der Waals surface area contributed by atoms with Gasteiger partial charge in [-0.25, -0.2) is 14.8 Å². The number of ether oxygens (including phenoxy) is 2. The first-order chi connectivity index (χ1) is 19.1. The standard InChI is InChI=1S/C27H29N7O6/c1-27(2,3)40-26(38)34-11-15-7-16(34)10-33(15)25(37)17-9-28-22-21(17)30-13-31-23(22)24(36)29-8-14-4-5-19-18(6-14)32-20(35)12-39-19/h4-6,9,13,15-16,28H,7-8,10-12H2,1-3H3,(H,29,36)(H,32,35). The van der Waals surface area contributed by atoms with E-state index in [0.29, 0.717) is 47.5 Å². The molecule has 2 fully saturated rings. The molecule has 3 aliphatic heterocycles. The van der Waals surface area contributed by atoms with E-state index in [4.69, 9.17) is 9.47 Å². The van der Waals surface area contributed by atoms with Crippen molar-refractivity contribution in [3.8, 4) is 5.75 Å². The minimum atomic E-state index is -0.588. The molecule has 2 bridgehead atoms. The Bertz CT molecular complexity index is 1540. The van der Waals surface area contributed by atoms with Crippen LogP contribution >= 0.6 is 0 Å². The minimum Gasteiger partial charge on any atom is -0.482 e. The topological polar surface area (TPSA) is 159 Å². The van der Waals surface area contributed by atoms with Gasteiger partial charge in [0.05, 0.1) is 28.9 Å². The van der Waals surface area contributed by atoms with E-state index in [1.165, 1.54) is 6.33 Å². The van der Waals surface area contributed by atoms with Gasteiger partial charge in [-0.2, -0.15) is 0 Å². The lowest BCUT2D eigenvalue weighted by Crippen LogP contribution is -2.51. The number of amides is 4. The fraction of sp³-hybridized carbons (Fsp3) is 0.407. The quantitative estimate of drug-likeness (QED) is 0.448. The molecule has 5 heterocycles. The average molecular weight is 548 g/mol. The molecule has 2 unspecified atom stereocenters. The van der Waals surface area contributed by atoms with E-state index in [-0.39, 0.29) is 48.8 Å². The van der Waals surface area contributed by atoms with Crippen LogP contribution in [0.5, 0.6) is 5.75 Å². The van der Waals surface area contributed by atoms with Gasteiger partial charge >= 0.3 is 6.09 Å². The first-order valence-electron chi connectivity index (χ1n) is 13.0. The van der Waals surface area contributed by atoms with Crippen molar-refractivity contribution < 1.29 is 28.7 Å². The van der Waals surface area contributed by atoms with Crippen LogP contribution in [0.15, 0.2) is 30.7 Å². The monoisotopic (exact) mass is 547 g/mol. The number of piperazine rings is 1. The van der Waals surface area contributed by atoms with Crippen LogP contribution < -0.4 is 15.4 Å². The highest BCUT2D eigenvalue weighted by Gasteiger charge is 2.48. The van der Waals surface area contributed by atoms with E-state index in [0.717, 1.165) is 5.56 Å². The van der Waals surface area contributed by atoms with Crippen LogP contribution in [0.2, 0.25) is 0 Å². The van der Waals surface area contributed by atoms with Gasteiger partial charge in [-0.3, -0.25) is 14.4 Å². The van der Waals surface area contributed by atoms with Gasteiger partial charge in [-0.15, -0.1) is 0 Å². The molecule has 40 heavy (non-hydrogen) atoms. The van der Waals surface area contributed by atoms with Crippen LogP contribution in [-0.2, 0) is 16.1 Å². The number of benzene rings is 1. The normalized spacial score (nSPS) is 19.7. The van der Waals surface area contributed by atoms with Crippen molar-refractivity contribution in [2.24, 2.45) is 0 Å². The Morgan fingerprint density at radius 1 is 1.15 bits per heavy atom. The summed E-state index contributed by atoms with van der Waals surface area (Å²) in [5, 5.41) is 5.57. The molecule has 3 N–H and O–H groups in total. The molecule has 1 aromatic carbocycles. The van der Waals surface area contributed by atoms with Crippen molar-refractivity contribution >= 4 is 40.5 Å². The van der Waals surface area contributed by atoms with E-state index in [1.807, 2.05) is 20.8 Å². The van der Waals surface area contributed by atoms with Crippen molar-refractivity contribution in [1.82, 2.24) is 30.1 Å². The van der Waals surface area contributed by atoms with Crippen LogP contribution in [0.25, 0.3) is 11.0 Å². The average Bonchev–Trinajstić information content (AvgIpc) is 3.64. The molecule has 0 spiro atoms. The highest BCUT2D eigenvalue weighted by atomic mass is 16.6. The van der Waals surface area contributed by atoms with Crippen molar-refractivity contribution in [2.45, 2.75) is 51.4 Å². The predicted octanol–water partition coefficient (Wildman–Crippen LogP) is 2.05. The molecule has 3 aromatic rings. The maximum Gasteiger partial charge on any atom is 0.410 e. The number of aromatic amines is 1. The van der Waals surface area contributed by atoms with Crippen LogP contribution in [0.1, 0.15) is 53.6 Å². The molecule has 0 saturated carbocycles. The molecular weight excluding hydrogens is 518 g/mol. The third-order valence-electron chi connectivity index (χ3n) is 7.17. The van der Waals surface area contributed by atoms with Crippen LogP contribution in [-0.4, -0.2) is 85.9 Å². The molecule has 3 aliphatic rings. The number of nitrogens with one attached hydrogen (secondary N) is 3. The van der Waals surface area contributed by atoms with E-state index in [2.05, 4.69) is 25.6 Å². The minimum absolute atomic E-state index is 0.0308. The fourth-order valence-corrected chi connectivity index (χ4v) is 5.40. The highest BCUT2D eigenvalue weighted by Crippen LogP contribution is 2.34. The number of hydrogen-bond acceptors (Lipinski definition) is 8. The molecule has 0 aliphatic carbocycles. The largest absolute Gasteiger partial charge is 0.482 e. The molecule has 2 atom stereocenters. The number of rotatable bonds is 4. The van der Waals surface area contributed by atoms with Gasteiger partial charge in [0.25, 0.3) is 17.7 Å². The lowest BCUT2D eigenvalue weighted by molar-refractivity contribution is -0.118. The zero-order valence-corrected chi connectivity index (χ0v) is 22.3. The second-order valence-corrected chi connectivity index (χ2v) is 11.1. The highest BCUT2D eigenvalue weighted by molar-refractivity contribution is 6.10. The predicted molar refractivity (Wildman–Crippen MR) is 142 cm³/mol. The van der Waals surface area contributed by atoms with E-state index in [1.54, 1.807) is 34.2 Å². The molecular formula is C27H29N7O6. The molecule has 6 rings (SSSR count). The van der Waals surface area contributed by atoms with Gasteiger partial charge in [0.15, 0.2) is 12.3 Å². The molecule has 4 amide bonds. The van der Waals surface area contributed by atoms with Gasteiger partial charge in [0, 0.05) is 25.8 Å². The smallest absolute Gasteiger partial charge is 0.410 e. The van der Waals surface area contributed by atoms with Crippen LogP contribution in [0, 0.1) is 0 Å². The van der Waals surface area contributed by atoms with Crippen LogP contribution in [0.3, 0.4) is 0 Å². The lowest BCUT2D eigenvalue weighted by atomic mass is 10.1. The van der Waals surface area contributed by atoms with E-state index < -0.39 is 11.5 Å². The maximum absolute atomic E-state index is 13.5. The Hall–Kier alpha value is -4.68. The number of nitrogens with zero attached hydrogens (tertiary/aromatic N) is 4. The van der Waals surface area contributed by atoms with Gasteiger partial charge in [0.2, 0.25) is 0 Å². The fourth-order valence-electron chi connectivity index (χ4n) is 5.40. The van der Waals surface area contributed by atoms with Gasteiger partial charge in [-0.05, 0) is 44.9 Å². The summed E-state index contributed by atoms with van der Waals surface area (Å²) < 4.78 is 10.9. The second-order valence-electron chi connectivity index (χ2n) is 11.1. The first kappa shape index (κ1) is 25.6. The Morgan fingerprint density at radius 3 is 2.67 bits per heavy atom. The molecule has 13 heteroatoms. The van der Waals surface area contributed by atoms with Crippen molar-refractivity contribution in [2.75, 3.05) is 25.0 Å². The summed E-state index contributed by atoms with van der Waals surface area (Å²) >= 11 is 0. The van der Waals surface area contributed by atoms with Gasteiger partial charge < -0.3 is 34.9 Å². The third kappa shape index (κ3) is 4.67. The number of carbonyl (C=O) groups excluding carboxylic acids is 4. The van der Waals surface area contributed by atoms with Crippen molar-refractivity contribution in [1.29, 1.82) is 0 Å². The van der Waals surface area contributed by atoms with Crippen LogP contribution in [0.4, 0.5) is 10.5 Å². The summed E-state index contributed by atoms with van der Waals surface area (Å²) in [5.41, 5.74) is 1.88. The third-order valence-corrected chi connectivity index (χ3v) is 7.17. The number of carbonyl (C=O) groups is 4. The number of aromatic nitrogens is 3. The zero-order chi connectivity index (χ0) is 28.2. The van der Waals surface area contributed by atoms with Crippen molar-refractivity contribution in [3.63, 3.8) is 0 Å². The number of likely N-dealkylation sites (tertiary alicyclic amines) is 2. The summed E-state index contributed by atoms with van der Waals surface area (Å²) in [6.07, 6.45) is 3.13. The first-order valence-corrected chi connectivity index (χ1v) is 13.0. The number of hydrogen-bond donors (Lipinski definition) is 3. The van der Waals surface area contributed by atoms with Crippen molar-refractivity contribution in [3.05, 3.63) is 47.5 Å². The number of H-pyrrole nitrogens is 1. The Morgan fingerprint density at radius 2 is 1.93 bits per heavy atom.